The van der Waals surface area contributed by atoms with Gasteiger partial charge in [-0.1, -0.05) is 4.98 Å². The van der Waals surface area contributed by atoms with E-state index in [1.807, 2.05) is 18.5 Å². The van der Waals surface area contributed by atoms with E-state index in [1.54, 1.807) is 18.5 Å². The molecule has 0 aliphatic rings. The van der Waals surface area contributed by atoms with Crippen LogP contribution in [-0.2, 0) is 19.8 Å². The summed E-state index contributed by atoms with van der Waals surface area (Å²) in [5, 5.41) is 25.4. The first-order chi connectivity index (χ1) is 12.5. The van der Waals surface area contributed by atoms with Crippen molar-refractivity contribution in [3.63, 3.8) is 0 Å². The second-order valence-electron chi connectivity index (χ2n) is 5.48. The summed E-state index contributed by atoms with van der Waals surface area (Å²) in [5.41, 5.74) is 2.18. The van der Waals surface area contributed by atoms with E-state index in [0.29, 0.717) is 6.54 Å². The predicted molar refractivity (Wildman–Crippen MR) is 88.1 cm³/mol. The molecule has 0 saturated carbocycles. The van der Waals surface area contributed by atoms with Crippen LogP contribution in [0.1, 0.15) is 28.7 Å². The van der Waals surface area contributed by atoms with Crippen LogP contribution in [0.15, 0.2) is 24.8 Å². The molecular weight excluding hydrogens is 342 g/mol. The van der Waals surface area contributed by atoms with Gasteiger partial charge in [0.05, 0.1) is 6.20 Å². The van der Waals surface area contributed by atoms with Gasteiger partial charge in [0.1, 0.15) is 5.69 Å². The van der Waals surface area contributed by atoms with E-state index in [1.165, 1.54) is 15.7 Å². The lowest BCUT2D eigenvalue weighted by Crippen LogP contribution is -2.24. The minimum atomic E-state index is -0.679. The molecule has 3 aromatic heterocycles. The second-order valence-corrected chi connectivity index (χ2v) is 5.48. The number of aromatic nitrogens is 7. The Labute approximate surface area is 147 Å². The highest BCUT2D eigenvalue weighted by Gasteiger charge is 2.15. The first-order valence-corrected chi connectivity index (χ1v) is 7.84. The number of hydrogen-bond donors (Lipinski definition) is 1. The van der Waals surface area contributed by atoms with Gasteiger partial charge in [0.25, 0.3) is 5.91 Å². The number of carbonyl (C=O) groups excluding carboxylic acids is 1. The molecule has 0 atom stereocenters. The first-order valence-electron chi connectivity index (χ1n) is 7.84. The topological polar surface area (TPSA) is 139 Å². The van der Waals surface area contributed by atoms with Crippen molar-refractivity contribution in [1.82, 2.24) is 39.6 Å². The molecule has 26 heavy (non-hydrogen) atoms. The molecule has 1 amide bonds. The lowest BCUT2D eigenvalue weighted by molar-refractivity contribution is -0.394. The van der Waals surface area contributed by atoms with Crippen LogP contribution in [0.4, 0.5) is 5.95 Å². The highest BCUT2D eigenvalue weighted by Crippen LogP contribution is 2.07. The van der Waals surface area contributed by atoms with E-state index in [4.69, 9.17) is 0 Å². The number of nitro groups is 1. The van der Waals surface area contributed by atoms with E-state index >= 15 is 0 Å². The largest absolute Gasteiger partial charge is 0.491 e. The van der Waals surface area contributed by atoms with Crippen molar-refractivity contribution in [1.29, 1.82) is 0 Å². The molecule has 3 rings (SSSR count). The Morgan fingerprint density at radius 1 is 1.35 bits per heavy atom. The van der Waals surface area contributed by atoms with Crippen molar-refractivity contribution in [2.75, 3.05) is 0 Å². The van der Waals surface area contributed by atoms with Gasteiger partial charge in [-0.05, 0) is 24.8 Å². The minimum absolute atomic E-state index is 0.108. The highest BCUT2D eigenvalue weighted by molar-refractivity contribution is 5.92. The summed E-state index contributed by atoms with van der Waals surface area (Å²) in [7, 11) is 0. The number of amides is 1. The SMILES string of the molecule is CCn1ncc(CNC(=O)c2ccn(Cn3cnc([N+](=O)[O-])n3)n2)c1C. The van der Waals surface area contributed by atoms with Gasteiger partial charge in [0.15, 0.2) is 6.67 Å². The molecule has 0 saturated heterocycles. The standard InChI is InChI=1S/C14H17N9O3/c1-3-22-10(2)11(7-17-22)6-15-13(24)12-4-5-20(18-12)9-21-8-16-14(19-21)23(25)26/h4-5,7-8H,3,6,9H2,1-2H3,(H,15,24). The van der Waals surface area contributed by atoms with Crippen LogP contribution in [-0.4, -0.2) is 45.2 Å². The molecule has 136 valence electrons. The smallest absolute Gasteiger partial charge is 0.390 e. The normalized spacial score (nSPS) is 10.8. The van der Waals surface area contributed by atoms with E-state index in [9.17, 15) is 14.9 Å². The molecular formula is C14H17N9O3. The van der Waals surface area contributed by atoms with Crippen LogP contribution in [0, 0.1) is 17.0 Å². The summed E-state index contributed by atoms with van der Waals surface area (Å²) in [5.74, 6) is -0.810. The van der Waals surface area contributed by atoms with Crippen LogP contribution in [0.25, 0.3) is 0 Å². The number of hydrogen-bond acceptors (Lipinski definition) is 7. The number of rotatable bonds is 7. The third-order valence-corrected chi connectivity index (χ3v) is 3.79. The Morgan fingerprint density at radius 2 is 2.15 bits per heavy atom. The molecule has 0 aliphatic heterocycles. The number of aryl methyl sites for hydroxylation is 1. The van der Waals surface area contributed by atoms with Gasteiger partial charge in [-0.3, -0.25) is 9.48 Å². The lowest BCUT2D eigenvalue weighted by atomic mass is 10.2. The second kappa shape index (κ2) is 7.13. The maximum atomic E-state index is 12.2. The Balaban J connectivity index is 1.60. The molecule has 0 unspecified atom stereocenters. The summed E-state index contributed by atoms with van der Waals surface area (Å²) in [4.78, 5) is 25.7. The molecule has 0 radical (unpaired) electrons. The molecule has 0 aromatic carbocycles. The molecule has 3 aromatic rings. The maximum Gasteiger partial charge on any atom is 0.491 e. The Bertz CT molecular complexity index is 939. The zero-order valence-electron chi connectivity index (χ0n) is 14.2. The molecule has 12 nitrogen and oxygen atoms in total. The van der Waals surface area contributed by atoms with E-state index in [0.717, 1.165) is 17.8 Å². The number of nitrogens with zero attached hydrogens (tertiary/aromatic N) is 8. The molecule has 1 N–H and O–H groups in total. The average molecular weight is 359 g/mol. The van der Waals surface area contributed by atoms with E-state index in [2.05, 4.69) is 25.6 Å². The van der Waals surface area contributed by atoms with Crippen molar-refractivity contribution in [3.8, 4) is 0 Å². The molecule has 0 fully saturated rings. The van der Waals surface area contributed by atoms with E-state index in [-0.39, 0.29) is 18.3 Å². The zero-order chi connectivity index (χ0) is 18.7. The van der Waals surface area contributed by atoms with Gasteiger partial charge in [0.2, 0.25) is 6.33 Å². The lowest BCUT2D eigenvalue weighted by Gasteiger charge is -2.04. The fourth-order valence-corrected chi connectivity index (χ4v) is 2.39. The third kappa shape index (κ3) is 3.58. The van der Waals surface area contributed by atoms with Gasteiger partial charge in [0, 0.05) is 35.6 Å². The summed E-state index contributed by atoms with van der Waals surface area (Å²) >= 11 is 0. The van der Waals surface area contributed by atoms with Crippen molar-refractivity contribution >= 4 is 11.9 Å². The van der Waals surface area contributed by atoms with Crippen LogP contribution >= 0.6 is 0 Å². The van der Waals surface area contributed by atoms with Crippen molar-refractivity contribution in [2.24, 2.45) is 0 Å². The Hall–Kier alpha value is -3.57. The molecule has 0 spiro atoms. The van der Waals surface area contributed by atoms with Crippen molar-refractivity contribution in [2.45, 2.75) is 33.6 Å². The summed E-state index contributed by atoms with van der Waals surface area (Å²) in [6, 6.07) is 1.56. The van der Waals surface area contributed by atoms with Crippen LogP contribution in [0.5, 0.6) is 0 Å². The van der Waals surface area contributed by atoms with Gasteiger partial charge in [-0.2, -0.15) is 14.9 Å². The fourth-order valence-electron chi connectivity index (χ4n) is 2.39. The van der Waals surface area contributed by atoms with Crippen LogP contribution < -0.4 is 5.32 Å². The fraction of sp³-hybridized carbons (Fsp3) is 0.357. The summed E-state index contributed by atoms with van der Waals surface area (Å²) in [6.07, 6.45) is 4.55. The van der Waals surface area contributed by atoms with Crippen molar-refractivity contribution < 1.29 is 9.72 Å². The highest BCUT2D eigenvalue weighted by atomic mass is 16.6. The quantitative estimate of drug-likeness (QED) is 0.474. The van der Waals surface area contributed by atoms with Crippen molar-refractivity contribution in [3.05, 3.63) is 51.9 Å². The van der Waals surface area contributed by atoms with Gasteiger partial charge in [-0.15, -0.1) is 0 Å². The van der Waals surface area contributed by atoms with Crippen LogP contribution in [0.3, 0.4) is 0 Å². The Kier molecular flexibility index (Phi) is 4.73. The third-order valence-electron chi connectivity index (χ3n) is 3.79. The van der Waals surface area contributed by atoms with Gasteiger partial charge < -0.3 is 15.4 Å². The molecule has 12 heteroatoms. The predicted octanol–water partition coefficient (Wildman–Crippen LogP) is 0.343. The zero-order valence-corrected chi connectivity index (χ0v) is 14.2. The Morgan fingerprint density at radius 3 is 2.81 bits per heavy atom. The maximum absolute atomic E-state index is 12.2. The van der Waals surface area contributed by atoms with Gasteiger partial charge >= 0.3 is 5.95 Å². The summed E-state index contributed by atoms with van der Waals surface area (Å²) in [6.45, 7) is 5.18. The van der Waals surface area contributed by atoms with Crippen LogP contribution in [0.2, 0.25) is 0 Å². The monoisotopic (exact) mass is 359 g/mol. The number of carbonyl (C=O) groups is 1. The minimum Gasteiger partial charge on any atom is -0.390 e. The average Bonchev–Trinajstić information content (AvgIpc) is 3.33. The first kappa shape index (κ1) is 17.3. The van der Waals surface area contributed by atoms with E-state index < -0.39 is 10.9 Å². The summed E-state index contributed by atoms with van der Waals surface area (Å²) < 4.78 is 4.55. The van der Waals surface area contributed by atoms with Gasteiger partial charge in [-0.25, -0.2) is 4.68 Å². The molecule has 3 heterocycles. The number of nitrogens with one attached hydrogen (secondary N) is 1. The molecule has 0 bridgehead atoms. The molecule has 0 aliphatic carbocycles.